The largest absolute Gasteiger partial charge is 0.494 e. The summed E-state index contributed by atoms with van der Waals surface area (Å²) in [5.41, 5.74) is 0.613. The third-order valence-electron chi connectivity index (χ3n) is 6.86. The van der Waals surface area contributed by atoms with Gasteiger partial charge in [0.05, 0.1) is 51.4 Å². The van der Waals surface area contributed by atoms with Crippen LogP contribution in [0.2, 0.25) is 0 Å². The Balaban J connectivity index is 1.58. The monoisotopic (exact) mass is 488 g/mol. The van der Waals surface area contributed by atoms with E-state index >= 15 is 0 Å². The number of rotatable bonds is 8. The van der Waals surface area contributed by atoms with Crippen molar-refractivity contribution in [2.24, 2.45) is 4.99 Å². The average molecular weight is 489 g/mol. The van der Waals surface area contributed by atoms with E-state index in [1.807, 2.05) is 30.3 Å². The fourth-order valence-corrected chi connectivity index (χ4v) is 5.03. The Hall–Kier alpha value is -4.04. The van der Waals surface area contributed by atoms with E-state index < -0.39 is 0 Å². The van der Waals surface area contributed by atoms with Crippen LogP contribution in [0.4, 0.5) is 0 Å². The molecule has 0 radical (unpaired) electrons. The Morgan fingerprint density at radius 1 is 1.06 bits per heavy atom. The van der Waals surface area contributed by atoms with Crippen LogP contribution in [0.1, 0.15) is 30.2 Å². The number of aliphatic imine (C=N–C) groups is 1. The van der Waals surface area contributed by atoms with Crippen LogP contribution in [0.25, 0.3) is 16.5 Å². The number of hydrogen-bond acceptors (Lipinski definition) is 6. The molecule has 0 aliphatic carbocycles. The Bertz CT molecular complexity index is 1440. The Kier molecular flexibility index (Phi) is 6.77. The highest BCUT2D eigenvalue weighted by Crippen LogP contribution is 2.32. The van der Waals surface area contributed by atoms with Gasteiger partial charge in [-0.15, -0.1) is 0 Å². The van der Waals surface area contributed by atoms with Crippen LogP contribution in [0.3, 0.4) is 0 Å². The van der Waals surface area contributed by atoms with E-state index in [0.717, 1.165) is 18.8 Å². The molecule has 0 amide bonds. The topological polar surface area (TPSA) is 90.6 Å². The summed E-state index contributed by atoms with van der Waals surface area (Å²) in [5, 5.41) is 12.5. The summed E-state index contributed by atoms with van der Waals surface area (Å²) in [6.07, 6.45) is 5.75. The fraction of sp³-hybridized carbons (Fsp3) is 0.286. The van der Waals surface area contributed by atoms with Gasteiger partial charge in [0.2, 0.25) is 5.88 Å². The van der Waals surface area contributed by atoms with Crippen LogP contribution in [-0.4, -0.2) is 49.7 Å². The molecule has 0 unspecified atom stereocenters. The summed E-state index contributed by atoms with van der Waals surface area (Å²) >= 11 is 0. The molecule has 2 aromatic carbocycles. The number of hydrogen-bond donors (Lipinski definition) is 2. The van der Waals surface area contributed by atoms with Gasteiger partial charge < -0.3 is 23.9 Å². The fourth-order valence-electron chi connectivity index (χ4n) is 5.03. The number of pyridine rings is 1. The van der Waals surface area contributed by atoms with E-state index in [2.05, 4.69) is 0 Å². The van der Waals surface area contributed by atoms with Crippen LogP contribution >= 0.6 is 0 Å². The van der Waals surface area contributed by atoms with E-state index in [0.29, 0.717) is 40.1 Å². The van der Waals surface area contributed by atoms with Gasteiger partial charge in [-0.05, 0) is 30.3 Å². The standard InChI is InChI=1S/C28H29N3O5/c1-34-25-12-11-19(16-26(25)35-2)31-27(32)21-9-4-3-8-20(21)22(28(31)33)17-29-18-23(24-10-7-15-36-24)30-13-5-6-14-30/h3-4,7-12,15-17,23,33H,5-6,13-14,18H2,1-2H3/p+1/t23-/m0/s1. The number of nitrogens with zero attached hydrogens (tertiary/aromatic N) is 2. The Labute approximate surface area is 209 Å². The van der Waals surface area contributed by atoms with Crippen LogP contribution < -0.4 is 19.9 Å². The number of fused-ring (bicyclic) bond motifs is 1. The molecule has 1 aliphatic rings. The highest BCUT2D eigenvalue weighted by molar-refractivity contribution is 6.01. The molecule has 1 fully saturated rings. The lowest BCUT2D eigenvalue weighted by atomic mass is 10.1. The van der Waals surface area contributed by atoms with Crippen LogP contribution in [0.5, 0.6) is 17.4 Å². The molecule has 1 saturated heterocycles. The molecule has 3 heterocycles. The molecule has 2 aromatic heterocycles. The number of benzene rings is 2. The molecule has 0 saturated carbocycles. The van der Waals surface area contributed by atoms with Gasteiger partial charge >= 0.3 is 0 Å². The van der Waals surface area contributed by atoms with Crippen molar-refractivity contribution in [2.45, 2.75) is 18.9 Å². The molecular weight excluding hydrogens is 458 g/mol. The lowest BCUT2D eigenvalue weighted by Crippen LogP contribution is -3.10. The zero-order valence-electron chi connectivity index (χ0n) is 20.4. The van der Waals surface area contributed by atoms with E-state index in [1.54, 1.807) is 43.9 Å². The second-order valence-electron chi connectivity index (χ2n) is 8.89. The summed E-state index contributed by atoms with van der Waals surface area (Å²) in [5.74, 6) is 1.72. The lowest BCUT2D eigenvalue weighted by Gasteiger charge is -2.21. The highest BCUT2D eigenvalue weighted by Gasteiger charge is 2.29. The summed E-state index contributed by atoms with van der Waals surface area (Å²) in [7, 11) is 3.08. The summed E-state index contributed by atoms with van der Waals surface area (Å²) < 4.78 is 17.7. The van der Waals surface area contributed by atoms with Gasteiger partial charge in [0.25, 0.3) is 5.56 Å². The van der Waals surface area contributed by atoms with Crippen LogP contribution in [-0.2, 0) is 0 Å². The molecule has 0 bridgehead atoms. The zero-order chi connectivity index (χ0) is 25.1. The van der Waals surface area contributed by atoms with Gasteiger partial charge in [-0.25, -0.2) is 4.57 Å². The van der Waals surface area contributed by atoms with Crippen molar-refractivity contribution in [3.05, 3.63) is 82.5 Å². The van der Waals surface area contributed by atoms with Crippen molar-refractivity contribution in [2.75, 3.05) is 33.9 Å². The van der Waals surface area contributed by atoms with E-state index in [-0.39, 0.29) is 17.5 Å². The highest BCUT2D eigenvalue weighted by atomic mass is 16.5. The molecule has 5 rings (SSSR count). The molecule has 8 nitrogen and oxygen atoms in total. The third-order valence-corrected chi connectivity index (χ3v) is 6.86. The van der Waals surface area contributed by atoms with E-state index in [9.17, 15) is 9.90 Å². The van der Waals surface area contributed by atoms with Crippen molar-refractivity contribution >= 4 is 17.0 Å². The predicted octanol–water partition coefficient (Wildman–Crippen LogP) is 3.15. The van der Waals surface area contributed by atoms with Crippen molar-refractivity contribution in [3.8, 4) is 23.1 Å². The van der Waals surface area contributed by atoms with Crippen molar-refractivity contribution in [1.82, 2.24) is 4.57 Å². The average Bonchev–Trinajstić information content (AvgIpc) is 3.63. The second-order valence-corrected chi connectivity index (χ2v) is 8.89. The van der Waals surface area contributed by atoms with Gasteiger partial charge in [-0.1, -0.05) is 18.2 Å². The minimum Gasteiger partial charge on any atom is -0.494 e. The van der Waals surface area contributed by atoms with Crippen LogP contribution in [0.15, 0.2) is 75.1 Å². The van der Waals surface area contributed by atoms with E-state index in [1.165, 1.54) is 29.4 Å². The van der Waals surface area contributed by atoms with Crippen molar-refractivity contribution in [1.29, 1.82) is 0 Å². The van der Waals surface area contributed by atoms with Gasteiger partial charge in [-0.2, -0.15) is 0 Å². The summed E-state index contributed by atoms with van der Waals surface area (Å²) in [4.78, 5) is 19.6. The molecule has 1 atom stereocenters. The Morgan fingerprint density at radius 2 is 1.81 bits per heavy atom. The quantitative estimate of drug-likeness (QED) is 0.372. The Morgan fingerprint density at radius 3 is 2.50 bits per heavy atom. The number of quaternary nitrogens is 1. The lowest BCUT2D eigenvalue weighted by molar-refractivity contribution is -0.919. The number of furan rings is 1. The van der Waals surface area contributed by atoms with Gasteiger partial charge in [-0.3, -0.25) is 9.79 Å². The summed E-state index contributed by atoms with van der Waals surface area (Å²) in [6, 6.07) is 16.3. The van der Waals surface area contributed by atoms with Crippen molar-refractivity contribution < 1.29 is 23.9 Å². The molecular formula is C28H30N3O5+. The number of aromatic nitrogens is 1. The van der Waals surface area contributed by atoms with Gasteiger partial charge in [0, 0.05) is 35.9 Å². The first-order valence-electron chi connectivity index (χ1n) is 12.1. The minimum atomic E-state index is -0.331. The predicted molar refractivity (Wildman–Crippen MR) is 138 cm³/mol. The van der Waals surface area contributed by atoms with Gasteiger partial charge in [0.1, 0.15) is 0 Å². The first-order valence-corrected chi connectivity index (χ1v) is 12.1. The smallest absolute Gasteiger partial charge is 0.265 e. The third kappa shape index (κ3) is 4.35. The zero-order valence-corrected chi connectivity index (χ0v) is 20.4. The first kappa shape index (κ1) is 23.7. The SMILES string of the molecule is COc1ccc(-n2c(O)c(C=NC[C@@H](c3ccco3)[NH+]3CCCC3)c3ccccc3c2=O)cc1OC. The summed E-state index contributed by atoms with van der Waals surface area (Å²) in [6.45, 7) is 2.67. The first-order chi connectivity index (χ1) is 17.6. The molecule has 1 aliphatic heterocycles. The van der Waals surface area contributed by atoms with Crippen molar-refractivity contribution in [3.63, 3.8) is 0 Å². The maximum absolute atomic E-state index is 13.4. The maximum atomic E-state index is 13.4. The number of nitrogens with one attached hydrogen (secondary N) is 1. The van der Waals surface area contributed by atoms with Gasteiger partial charge in [0.15, 0.2) is 23.3 Å². The number of methoxy groups -OCH3 is 2. The molecule has 36 heavy (non-hydrogen) atoms. The molecule has 8 heteroatoms. The molecule has 2 N–H and O–H groups in total. The van der Waals surface area contributed by atoms with Crippen LogP contribution in [0, 0.1) is 0 Å². The molecule has 4 aromatic rings. The normalized spacial score (nSPS) is 15.1. The second kappa shape index (κ2) is 10.3. The number of likely N-dealkylation sites (tertiary alicyclic amines) is 1. The number of aromatic hydroxyl groups is 1. The maximum Gasteiger partial charge on any atom is 0.265 e. The molecule has 0 spiro atoms. The minimum absolute atomic E-state index is 0.101. The number of ether oxygens (including phenoxy) is 2. The van der Waals surface area contributed by atoms with E-state index in [4.69, 9.17) is 18.9 Å². The molecule has 186 valence electrons.